The van der Waals surface area contributed by atoms with Crippen LogP contribution in [0.1, 0.15) is 13.3 Å². The lowest BCUT2D eigenvalue weighted by atomic mass is 9.88. The van der Waals surface area contributed by atoms with Gasteiger partial charge in [0.25, 0.3) is 0 Å². The molecule has 0 saturated carbocycles. The van der Waals surface area contributed by atoms with E-state index in [-0.39, 0.29) is 5.82 Å². The minimum Gasteiger partial charge on any atom is -0.494 e. The highest BCUT2D eigenvalue weighted by Crippen LogP contribution is 2.27. The Hall–Kier alpha value is -1.13. The monoisotopic (exact) mass is 267 g/mol. The molecule has 1 aliphatic rings. The normalized spacial score (nSPS) is 17.3. The van der Waals surface area contributed by atoms with Gasteiger partial charge >= 0.3 is 0 Å². The number of rotatable bonds is 7. The van der Waals surface area contributed by atoms with E-state index >= 15 is 0 Å². The molecule has 1 aliphatic heterocycles. The summed E-state index contributed by atoms with van der Waals surface area (Å²) in [5, 5.41) is 0. The van der Waals surface area contributed by atoms with Gasteiger partial charge in [0.1, 0.15) is 11.6 Å². The third-order valence-electron chi connectivity index (χ3n) is 3.32. The third-order valence-corrected chi connectivity index (χ3v) is 3.32. The van der Waals surface area contributed by atoms with Crippen molar-refractivity contribution in [3.8, 4) is 5.75 Å². The molecule has 2 rings (SSSR count). The number of ether oxygens (including phenoxy) is 2. The Morgan fingerprint density at radius 1 is 1.32 bits per heavy atom. The van der Waals surface area contributed by atoms with E-state index in [1.165, 1.54) is 12.1 Å². The fourth-order valence-corrected chi connectivity index (χ4v) is 2.33. The molecular formula is C15H22FNO2. The van der Waals surface area contributed by atoms with Crippen LogP contribution in [-0.4, -0.2) is 44.9 Å². The minimum atomic E-state index is -0.233. The average Bonchev–Trinajstić information content (AvgIpc) is 2.35. The van der Waals surface area contributed by atoms with E-state index in [0.29, 0.717) is 12.0 Å². The second kappa shape index (κ2) is 6.35. The molecule has 1 saturated heterocycles. The molecule has 106 valence electrons. The van der Waals surface area contributed by atoms with E-state index in [9.17, 15) is 4.39 Å². The highest BCUT2D eigenvalue weighted by Gasteiger charge is 2.34. The van der Waals surface area contributed by atoms with Crippen LogP contribution in [0.2, 0.25) is 0 Å². The summed E-state index contributed by atoms with van der Waals surface area (Å²) in [5.74, 6) is 0.492. The third kappa shape index (κ3) is 4.48. The Morgan fingerprint density at radius 3 is 2.58 bits per heavy atom. The standard InChI is InChI=1S/C15H22FNO2/c1-15(11-18-12-15)10-17(2)8-3-9-19-14-6-4-13(16)5-7-14/h4-7H,3,8-12H2,1-2H3. The molecule has 0 aliphatic carbocycles. The summed E-state index contributed by atoms with van der Waals surface area (Å²) in [6.07, 6.45) is 0.963. The van der Waals surface area contributed by atoms with Gasteiger partial charge in [-0.1, -0.05) is 6.92 Å². The first-order valence-corrected chi connectivity index (χ1v) is 6.72. The van der Waals surface area contributed by atoms with Gasteiger partial charge in [-0.05, 0) is 37.7 Å². The van der Waals surface area contributed by atoms with Crippen molar-refractivity contribution >= 4 is 0 Å². The highest BCUT2D eigenvalue weighted by atomic mass is 19.1. The molecule has 0 amide bonds. The van der Waals surface area contributed by atoms with Crippen LogP contribution in [0.4, 0.5) is 4.39 Å². The van der Waals surface area contributed by atoms with Crippen LogP contribution in [0.3, 0.4) is 0 Å². The highest BCUT2D eigenvalue weighted by molar-refractivity contribution is 5.21. The predicted molar refractivity (Wildman–Crippen MR) is 72.9 cm³/mol. The molecule has 4 heteroatoms. The van der Waals surface area contributed by atoms with Crippen molar-refractivity contribution in [2.75, 3.05) is 40.0 Å². The van der Waals surface area contributed by atoms with Gasteiger partial charge in [0.15, 0.2) is 0 Å². The van der Waals surface area contributed by atoms with Crippen molar-refractivity contribution in [2.45, 2.75) is 13.3 Å². The van der Waals surface area contributed by atoms with Crippen LogP contribution < -0.4 is 4.74 Å². The second-order valence-corrected chi connectivity index (χ2v) is 5.70. The Morgan fingerprint density at radius 2 is 2.00 bits per heavy atom. The van der Waals surface area contributed by atoms with Crippen molar-refractivity contribution in [1.82, 2.24) is 4.90 Å². The lowest BCUT2D eigenvalue weighted by Gasteiger charge is -2.40. The summed E-state index contributed by atoms with van der Waals surface area (Å²) in [6, 6.07) is 6.15. The molecule has 3 nitrogen and oxygen atoms in total. The summed E-state index contributed by atoms with van der Waals surface area (Å²) in [5.41, 5.74) is 0.326. The van der Waals surface area contributed by atoms with Gasteiger partial charge in [-0.2, -0.15) is 0 Å². The van der Waals surface area contributed by atoms with Crippen LogP contribution in [0.15, 0.2) is 24.3 Å². The molecule has 0 radical (unpaired) electrons. The zero-order chi connectivity index (χ0) is 13.7. The lowest BCUT2D eigenvalue weighted by Crippen LogP contribution is -2.48. The topological polar surface area (TPSA) is 21.7 Å². The largest absolute Gasteiger partial charge is 0.494 e. The van der Waals surface area contributed by atoms with Crippen molar-refractivity contribution in [3.05, 3.63) is 30.1 Å². The first-order chi connectivity index (χ1) is 9.07. The van der Waals surface area contributed by atoms with Crippen LogP contribution >= 0.6 is 0 Å². The van der Waals surface area contributed by atoms with Crippen LogP contribution in [0, 0.1) is 11.2 Å². The van der Waals surface area contributed by atoms with Crippen LogP contribution in [0.5, 0.6) is 5.75 Å². The maximum absolute atomic E-state index is 12.7. The van der Waals surface area contributed by atoms with Gasteiger partial charge in [-0.3, -0.25) is 0 Å². The zero-order valence-electron chi connectivity index (χ0n) is 11.7. The number of hydrogen-bond acceptors (Lipinski definition) is 3. The van der Waals surface area contributed by atoms with Crippen LogP contribution in [-0.2, 0) is 4.74 Å². The summed E-state index contributed by atoms with van der Waals surface area (Å²) >= 11 is 0. The zero-order valence-corrected chi connectivity index (χ0v) is 11.7. The molecule has 0 unspecified atom stereocenters. The van der Waals surface area contributed by atoms with E-state index in [1.54, 1.807) is 12.1 Å². The smallest absolute Gasteiger partial charge is 0.123 e. The maximum atomic E-state index is 12.7. The number of nitrogens with zero attached hydrogens (tertiary/aromatic N) is 1. The van der Waals surface area contributed by atoms with Gasteiger partial charge in [0.2, 0.25) is 0 Å². The maximum Gasteiger partial charge on any atom is 0.123 e. The van der Waals surface area contributed by atoms with Gasteiger partial charge in [0, 0.05) is 18.5 Å². The molecule has 0 aromatic heterocycles. The number of hydrogen-bond donors (Lipinski definition) is 0. The van der Waals surface area contributed by atoms with Crippen molar-refractivity contribution in [1.29, 1.82) is 0 Å². The fourth-order valence-electron chi connectivity index (χ4n) is 2.33. The quantitative estimate of drug-likeness (QED) is 0.709. The first kappa shape index (κ1) is 14.3. The second-order valence-electron chi connectivity index (χ2n) is 5.70. The van der Waals surface area contributed by atoms with Gasteiger partial charge < -0.3 is 14.4 Å². The minimum absolute atomic E-state index is 0.233. The Balaban J connectivity index is 1.59. The van der Waals surface area contributed by atoms with Crippen LogP contribution in [0.25, 0.3) is 0 Å². The Labute approximate surface area is 114 Å². The van der Waals surface area contributed by atoms with Crippen molar-refractivity contribution in [3.63, 3.8) is 0 Å². The Bertz CT molecular complexity index is 390. The van der Waals surface area contributed by atoms with E-state index in [0.717, 1.165) is 38.5 Å². The molecule has 0 spiro atoms. The Kier molecular flexibility index (Phi) is 4.77. The molecule has 0 N–H and O–H groups in total. The van der Waals surface area contributed by atoms with Gasteiger partial charge in [0.05, 0.1) is 19.8 Å². The van der Waals surface area contributed by atoms with E-state index in [2.05, 4.69) is 18.9 Å². The summed E-state index contributed by atoms with van der Waals surface area (Å²) < 4.78 is 23.5. The molecule has 0 atom stereocenters. The molecule has 1 fully saturated rings. The van der Waals surface area contributed by atoms with E-state index < -0.39 is 0 Å². The molecular weight excluding hydrogens is 245 g/mol. The first-order valence-electron chi connectivity index (χ1n) is 6.72. The SMILES string of the molecule is CN(CCCOc1ccc(F)cc1)CC1(C)COC1. The summed E-state index contributed by atoms with van der Waals surface area (Å²) in [4.78, 5) is 2.32. The molecule has 1 aromatic rings. The summed E-state index contributed by atoms with van der Waals surface area (Å²) in [6.45, 7) is 6.69. The average molecular weight is 267 g/mol. The molecule has 1 aromatic carbocycles. The number of benzene rings is 1. The van der Waals surface area contributed by atoms with Crippen molar-refractivity contribution < 1.29 is 13.9 Å². The van der Waals surface area contributed by atoms with E-state index in [1.807, 2.05) is 0 Å². The molecule has 1 heterocycles. The summed E-state index contributed by atoms with van der Waals surface area (Å²) in [7, 11) is 2.13. The lowest BCUT2D eigenvalue weighted by molar-refractivity contribution is -0.112. The van der Waals surface area contributed by atoms with E-state index in [4.69, 9.17) is 9.47 Å². The predicted octanol–water partition coefficient (Wildman–Crippen LogP) is 2.56. The van der Waals surface area contributed by atoms with Crippen molar-refractivity contribution in [2.24, 2.45) is 5.41 Å². The molecule has 0 bridgehead atoms. The van der Waals surface area contributed by atoms with Gasteiger partial charge in [-0.15, -0.1) is 0 Å². The number of halogens is 1. The van der Waals surface area contributed by atoms with Gasteiger partial charge in [-0.25, -0.2) is 4.39 Å². The fraction of sp³-hybridized carbons (Fsp3) is 0.600. The molecule has 19 heavy (non-hydrogen) atoms.